The lowest BCUT2D eigenvalue weighted by Crippen LogP contribution is -2.41. The van der Waals surface area contributed by atoms with E-state index in [9.17, 15) is 13.2 Å². The van der Waals surface area contributed by atoms with Crippen LogP contribution in [0, 0.1) is 0 Å². The summed E-state index contributed by atoms with van der Waals surface area (Å²) in [6.45, 7) is 2.06. The molecule has 0 saturated carbocycles. The molecule has 7 heteroatoms. The fourth-order valence-electron chi connectivity index (χ4n) is 1.03. The number of nitrogens with one attached hydrogen (secondary N) is 1. The maximum atomic E-state index is 11.6. The molecule has 5 nitrogen and oxygen atoms in total. The topological polar surface area (TPSA) is 66.5 Å². The van der Waals surface area contributed by atoms with Crippen LogP contribution in [-0.2, 0) is 14.8 Å². The first kappa shape index (κ1) is 14.7. The van der Waals surface area contributed by atoms with E-state index in [4.69, 9.17) is 11.6 Å². The molecule has 90 valence electrons. The highest BCUT2D eigenvalue weighted by molar-refractivity contribution is 7.89. The summed E-state index contributed by atoms with van der Waals surface area (Å²) in [6.07, 6.45) is 0.665. The molecule has 0 aromatic heterocycles. The zero-order valence-corrected chi connectivity index (χ0v) is 10.6. The Morgan fingerprint density at radius 3 is 2.47 bits per heavy atom. The van der Waals surface area contributed by atoms with E-state index in [1.165, 1.54) is 7.05 Å². The van der Waals surface area contributed by atoms with Gasteiger partial charge in [-0.1, -0.05) is 6.92 Å². The largest absolute Gasteiger partial charge is 0.358 e. The minimum Gasteiger partial charge on any atom is -0.358 e. The highest BCUT2D eigenvalue weighted by Gasteiger charge is 2.22. The molecule has 0 saturated heterocycles. The summed E-state index contributed by atoms with van der Waals surface area (Å²) in [6, 6.07) is 0. The number of hydrogen-bond donors (Lipinski definition) is 1. The fourth-order valence-corrected chi connectivity index (χ4v) is 2.84. The van der Waals surface area contributed by atoms with Gasteiger partial charge in [-0.3, -0.25) is 4.79 Å². The number of rotatable bonds is 7. The van der Waals surface area contributed by atoms with Crippen LogP contribution in [0.4, 0.5) is 0 Å². The first-order valence-corrected chi connectivity index (χ1v) is 6.86. The van der Waals surface area contributed by atoms with Gasteiger partial charge in [0.25, 0.3) is 0 Å². The van der Waals surface area contributed by atoms with Crippen LogP contribution in [0.1, 0.15) is 13.3 Å². The Hall–Kier alpha value is -0.330. The monoisotopic (exact) mass is 256 g/mol. The Bertz CT molecular complexity index is 292. The molecule has 0 heterocycles. The van der Waals surface area contributed by atoms with Crippen LogP contribution in [0.25, 0.3) is 0 Å². The van der Waals surface area contributed by atoms with Crippen LogP contribution in [0.2, 0.25) is 0 Å². The van der Waals surface area contributed by atoms with Crippen molar-refractivity contribution in [2.45, 2.75) is 13.3 Å². The smallest absolute Gasteiger partial charge is 0.235 e. The van der Waals surface area contributed by atoms with Gasteiger partial charge >= 0.3 is 0 Å². The average Bonchev–Trinajstić information content (AvgIpc) is 2.16. The molecular weight excluding hydrogens is 240 g/mol. The highest BCUT2D eigenvalue weighted by Crippen LogP contribution is 2.03. The van der Waals surface area contributed by atoms with Crippen molar-refractivity contribution in [2.75, 3.05) is 31.8 Å². The van der Waals surface area contributed by atoms with E-state index in [0.717, 1.165) is 4.31 Å². The third kappa shape index (κ3) is 5.34. The predicted octanol–water partition coefficient (Wildman–Crippen LogP) is 0.0130. The van der Waals surface area contributed by atoms with Gasteiger partial charge in [0.2, 0.25) is 15.9 Å². The number of likely N-dealkylation sites (N-methyl/N-ethyl adjacent to an activating group) is 1. The quantitative estimate of drug-likeness (QED) is 0.653. The molecule has 0 bridgehead atoms. The molecular formula is C8H17ClN2O3S. The zero-order valence-electron chi connectivity index (χ0n) is 8.99. The third-order valence-corrected chi connectivity index (χ3v) is 4.03. The van der Waals surface area contributed by atoms with E-state index in [1.54, 1.807) is 0 Å². The normalized spacial score (nSPS) is 11.7. The van der Waals surface area contributed by atoms with E-state index in [-0.39, 0.29) is 24.1 Å². The molecule has 0 aliphatic heterocycles. The van der Waals surface area contributed by atoms with Crippen molar-refractivity contribution < 1.29 is 13.2 Å². The maximum Gasteiger partial charge on any atom is 0.235 e. The Balaban J connectivity index is 4.57. The van der Waals surface area contributed by atoms with Gasteiger partial charge in [-0.25, -0.2) is 8.42 Å². The van der Waals surface area contributed by atoms with Gasteiger partial charge in [-0.15, -0.1) is 11.6 Å². The predicted molar refractivity (Wildman–Crippen MR) is 60.4 cm³/mol. The molecule has 0 aliphatic carbocycles. The Kier molecular flexibility index (Phi) is 6.87. The van der Waals surface area contributed by atoms with Crippen LogP contribution < -0.4 is 5.32 Å². The van der Waals surface area contributed by atoms with Gasteiger partial charge in [-0.05, 0) is 6.42 Å². The summed E-state index contributed by atoms with van der Waals surface area (Å²) in [7, 11) is -1.93. The molecule has 0 aliphatic rings. The zero-order chi connectivity index (χ0) is 11.9. The number of carbonyl (C=O) groups excluding carboxylic acids is 1. The second-order valence-corrected chi connectivity index (χ2v) is 5.48. The fraction of sp³-hybridized carbons (Fsp3) is 0.875. The summed E-state index contributed by atoms with van der Waals surface area (Å²) < 4.78 is 24.4. The van der Waals surface area contributed by atoms with Crippen molar-refractivity contribution in [3.8, 4) is 0 Å². The van der Waals surface area contributed by atoms with E-state index in [0.29, 0.717) is 13.0 Å². The number of hydrogen-bond acceptors (Lipinski definition) is 3. The van der Waals surface area contributed by atoms with Crippen molar-refractivity contribution in [3.05, 3.63) is 0 Å². The molecule has 0 aromatic carbocycles. The van der Waals surface area contributed by atoms with E-state index in [1.807, 2.05) is 6.92 Å². The number of carbonyl (C=O) groups is 1. The van der Waals surface area contributed by atoms with Gasteiger partial charge in [0.05, 0.1) is 12.3 Å². The first-order valence-electron chi connectivity index (χ1n) is 4.72. The first-order chi connectivity index (χ1) is 6.97. The highest BCUT2D eigenvalue weighted by atomic mass is 35.5. The average molecular weight is 257 g/mol. The molecule has 0 unspecified atom stereocenters. The van der Waals surface area contributed by atoms with Gasteiger partial charge in [0.15, 0.2) is 0 Å². The van der Waals surface area contributed by atoms with E-state index in [2.05, 4.69) is 5.32 Å². The van der Waals surface area contributed by atoms with Crippen LogP contribution in [-0.4, -0.2) is 50.4 Å². The molecule has 1 N–H and O–H groups in total. The van der Waals surface area contributed by atoms with Crippen LogP contribution in [0.15, 0.2) is 0 Å². The van der Waals surface area contributed by atoms with Crippen LogP contribution in [0.5, 0.6) is 0 Å². The number of alkyl halides is 1. The standard InChI is InChI=1S/C8H17ClN2O3S/c1-3-5-11(7-8(12)10-2)15(13,14)6-4-9/h3-7H2,1-2H3,(H,10,12). The van der Waals surface area contributed by atoms with Crippen LogP contribution >= 0.6 is 11.6 Å². The summed E-state index contributed by atoms with van der Waals surface area (Å²) in [5.74, 6) is -0.413. The third-order valence-electron chi connectivity index (χ3n) is 1.80. The van der Waals surface area contributed by atoms with Gasteiger partial charge in [-0.2, -0.15) is 4.31 Å². The molecule has 0 rings (SSSR count). The van der Waals surface area contributed by atoms with Crippen LogP contribution in [0.3, 0.4) is 0 Å². The Labute approximate surface area is 95.8 Å². The second kappa shape index (κ2) is 7.03. The van der Waals surface area contributed by atoms with Crippen molar-refractivity contribution in [1.82, 2.24) is 9.62 Å². The van der Waals surface area contributed by atoms with Crippen molar-refractivity contribution in [2.24, 2.45) is 0 Å². The Morgan fingerprint density at radius 2 is 2.07 bits per heavy atom. The minimum atomic E-state index is -3.40. The lowest BCUT2D eigenvalue weighted by atomic mass is 10.4. The summed E-state index contributed by atoms with van der Waals surface area (Å²) >= 11 is 5.39. The summed E-state index contributed by atoms with van der Waals surface area (Å²) in [4.78, 5) is 11.1. The number of nitrogens with zero attached hydrogens (tertiary/aromatic N) is 1. The molecule has 0 fully saturated rings. The second-order valence-electron chi connectivity index (χ2n) is 3.01. The summed E-state index contributed by atoms with van der Waals surface area (Å²) in [5, 5.41) is 2.39. The van der Waals surface area contributed by atoms with E-state index < -0.39 is 10.0 Å². The Morgan fingerprint density at radius 1 is 1.47 bits per heavy atom. The molecule has 1 amide bonds. The van der Waals surface area contributed by atoms with Crippen molar-refractivity contribution in [1.29, 1.82) is 0 Å². The SMILES string of the molecule is CCCN(CC(=O)NC)S(=O)(=O)CCCl. The molecule has 0 aromatic rings. The lowest BCUT2D eigenvalue weighted by molar-refractivity contribution is -0.120. The number of amides is 1. The van der Waals surface area contributed by atoms with E-state index >= 15 is 0 Å². The minimum absolute atomic E-state index is 0.0380. The van der Waals surface area contributed by atoms with Gasteiger partial charge < -0.3 is 5.32 Å². The molecule has 15 heavy (non-hydrogen) atoms. The number of halogens is 1. The lowest BCUT2D eigenvalue weighted by Gasteiger charge is -2.19. The molecule has 0 radical (unpaired) electrons. The molecule has 0 spiro atoms. The maximum absolute atomic E-state index is 11.6. The van der Waals surface area contributed by atoms with Crippen molar-refractivity contribution >= 4 is 27.5 Å². The van der Waals surface area contributed by atoms with Gasteiger partial charge in [0.1, 0.15) is 0 Å². The number of sulfonamides is 1. The van der Waals surface area contributed by atoms with Crippen molar-refractivity contribution in [3.63, 3.8) is 0 Å². The summed E-state index contributed by atoms with van der Waals surface area (Å²) in [5.41, 5.74) is 0. The molecule has 0 atom stereocenters. The van der Waals surface area contributed by atoms with Gasteiger partial charge in [0, 0.05) is 19.5 Å².